The monoisotopic (exact) mass is 628 g/mol. The Hall–Kier alpha value is -3.64. The average Bonchev–Trinajstić information content (AvgIpc) is 2.81. The zero-order valence-electron chi connectivity index (χ0n) is 17.5. The molecule has 0 amide bonds. The molecule has 0 bridgehead atoms. The van der Waals surface area contributed by atoms with Crippen LogP contribution in [-0.2, 0) is 27.7 Å². The minimum Gasteiger partial charge on any atom is -0.545 e. The van der Waals surface area contributed by atoms with Crippen molar-refractivity contribution < 1.29 is 56.9 Å². The van der Waals surface area contributed by atoms with Gasteiger partial charge < -0.3 is 29.3 Å². The summed E-state index contributed by atoms with van der Waals surface area (Å²) < 4.78 is 10.9. The SMILES string of the molecule is O=C([O-])c1ccccc1Oc1ccccc1.O=C([O-])c1ccccc1Oc1ccccc1.[Hg+2]. The van der Waals surface area contributed by atoms with Gasteiger partial charge in [0.1, 0.15) is 23.0 Å². The molecule has 33 heavy (non-hydrogen) atoms. The molecule has 0 radical (unpaired) electrons. The number of para-hydroxylation sites is 4. The van der Waals surface area contributed by atoms with Gasteiger partial charge in [0, 0.05) is 11.1 Å². The van der Waals surface area contributed by atoms with Gasteiger partial charge in [0.15, 0.2) is 0 Å². The molecule has 0 N–H and O–H groups in total. The molecule has 0 aliphatic rings. The Bertz CT molecular complexity index is 1080. The number of carboxylic acid groups (broad SMARTS) is 2. The fourth-order valence-corrected chi connectivity index (χ4v) is 2.68. The fourth-order valence-electron chi connectivity index (χ4n) is 2.68. The molecular weight excluding hydrogens is 609 g/mol. The van der Waals surface area contributed by atoms with Gasteiger partial charge in [-0.1, -0.05) is 60.7 Å². The van der Waals surface area contributed by atoms with E-state index in [1.165, 1.54) is 12.1 Å². The van der Waals surface area contributed by atoms with E-state index < -0.39 is 11.9 Å². The Morgan fingerprint density at radius 1 is 0.485 bits per heavy atom. The number of ether oxygens (including phenoxy) is 2. The van der Waals surface area contributed by atoms with Crippen molar-refractivity contribution in [3.8, 4) is 23.0 Å². The van der Waals surface area contributed by atoms with E-state index >= 15 is 0 Å². The van der Waals surface area contributed by atoms with E-state index in [1.807, 2.05) is 36.4 Å². The van der Waals surface area contributed by atoms with E-state index in [4.69, 9.17) is 9.47 Å². The maximum Gasteiger partial charge on any atom is 2.00 e. The summed E-state index contributed by atoms with van der Waals surface area (Å²) in [4.78, 5) is 21.6. The van der Waals surface area contributed by atoms with Gasteiger partial charge >= 0.3 is 27.7 Å². The number of hydrogen-bond donors (Lipinski definition) is 0. The van der Waals surface area contributed by atoms with Crippen LogP contribution in [0.25, 0.3) is 0 Å². The van der Waals surface area contributed by atoms with Crippen molar-refractivity contribution in [2.24, 2.45) is 0 Å². The summed E-state index contributed by atoms with van der Waals surface area (Å²) in [6.45, 7) is 0. The fraction of sp³-hybridized carbons (Fsp3) is 0. The number of aromatic carboxylic acids is 2. The maximum atomic E-state index is 10.8. The predicted molar refractivity (Wildman–Crippen MR) is 115 cm³/mol. The zero-order chi connectivity index (χ0) is 22.8. The third-order valence-corrected chi connectivity index (χ3v) is 4.16. The Morgan fingerprint density at radius 2 is 0.788 bits per heavy atom. The molecule has 7 heteroatoms. The standard InChI is InChI=1S/2C13H10O3.Hg/c2*14-13(15)11-8-4-5-9-12(11)16-10-6-2-1-3-7-10;/h2*1-9H,(H,14,15);/q;;+2/p-2. The molecule has 0 aromatic heterocycles. The first-order valence-corrected chi connectivity index (χ1v) is 9.61. The van der Waals surface area contributed by atoms with E-state index in [0.717, 1.165) is 0 Å². The van der Waals surface area contributed by atoms with Gasteiger partial charge in [0.05, 0.1) is 11.9 Å². The molecule has 0 aliphatic heterocycles. The number of carbonyl (C=O) groups excluding carboxylic acids is 2. The van der Waals surface area contributed by atoms with Crippen LogP contribution < -0.4 is 19.7 Å². The second-order valence-electron chi connectivity index (χ2n) is 6.40. The van der Waals surface area contributed by atoms with Crippen LogP contribution in [0.4, 0.5) is 0 Å². The second-order valence-corrected chi connectivity index (χ2v) is 6.40. The first-order valence-electron chi connectivity index (χ1n) is 9.61. The molecule has 0 spiro atoms. The maximum absolute atomic E-state index is 10.8. The predicted octanol–water partition coefficient (Wildman–Crippen LogP) is 3.68. The van der Waals surface area contributed by atoms with Crippen LogP contribution in [0.3, 0.4) is 0 Å². The normalized spacial score (nSPS) is 9.45. The summed E-state index contributed by atoms with van der Waals surface area (Å²) in [7, 11) is 0. The van der Waals surface area contributed by atoms with Crippen LogP contribution in [0.2, 0.25) is 0 Å². The molecule has 0 unspecified atom stereocenters. The molecule has 4 aromatic carbocycles. The summed E-state index contributed by atoms with van der Waals surface area (Å²) in [5.41, 5.74) is 0.0951. The summed E-state index contributed by atoms with van der Waals surface area (Å²) in [6.07, 6.45) is 0. The van der Waals surface area contributed by atoms with E-state index in [9.17, 15) is 19.8 Å². The minimum atomic E-state index is -1.24. The largest absolute Gasteiger partial charge is 2.00 e. The van der Waals surface area contributed by atoms with Crippen LogP contribution in [0.15, 0.2) is 109 Å². The average molecular weight is 627 g/mol. The molecule has 0 atom stereocenters. The minimum absolute atomic E-state index is 0. The van der Waals surface area contributed by atoms with E-state index in [1.54, 1.807) is 60.7 Å². The van der Waals surface area contributed by atoms with Crippen LogP contribution in [0, 0.1) is 0 Å². The molecule has 6 nitrogen and oxygen atoms in total. The van der Waals surface area contributed by atoms with Gasteiger partial charge in [0.25, 0.3) is 0 Å². The van der Waals surface area contributed by atoms with Crippen LogP contribution in [0.5, 0.6) is 23.0 Å². The Morgan fingerprint density at radius 3 is 1.12 bits per heavy atom. The van der Waals surface area contributed by atoms with Crippen molar-refractivity contribution in [2.75, 3.05) is 0 Å². The topological polar surface area (TPSA) is 98.7 Å². The van der Waals surface area contributed by atoms with Gasteiger partial charge in [-0.05, 0) is 48.5 Å². The summed E-state index contributed by atoms with van der Waals surface area (Å²) in [5, 5.41) is 21.6. The van der Waals surface area contributed by atoms with Crippen molar-refractivity contribution in [3.63, 3.8) is 0 Å². The third kappa shape index (κ3) is 7.77. The van der Waals surface area contributed by atoms with Gasteiger partial charge in [-0.2, -0.15) is 0 Å². The van der Waals surface area contributed by atoms with Crippen LogP contribution in [0.1, 0.15) is 20.7 Å². The molecule has 160 valence electrons. The summed E-state index contributed by atoms with van der Waals surface area (Å²) >= 11 is 0. The second kappa shape index (κ2) is 13.0. The number of carbonyl (C=O) groups is 2. The number of rotatable bonds is 6. The molecule has 4 rings (SSSR count). The van der Waals surface area contributed by atoms with Crippen LogP contribution >= 0.6 is 0 Å². The molecular formula is C26H18HgO6. The molecule has 0 fully saturated rings. The summed E-state index contributed by atoms with van der Waals surface area (Å²) in [5.74, 6) is -0.729. The van der Waals surface area contributed by atoms with Crippen molar-refractivity contribution in [1.29, 1.82) is 0 Å². The van der Waals surface area contributed by atoms with Crippen molar-refractivity contribution >= 4 is 11.9 Å². The first kappa shape index (κ1) is 25.6. The Kier molecular flexibility index (Phi) is 10.1. The van der Waals surface area contributed by atoms with Gasteiger partial charge in [-0.15, -0.1) is 0 Å². The molecule has 4 aromatic rings. The first-order chi connectivity index (χ1) is 15.5. The smallest absolute Gasteiger partial charge is 0.545 e. The van der Waals surface area contributed by atoms with Gasteiger partial charge in [-0.25, -0.2) is 0 Å². The van der Waals surface area contributed by atoms with Crippen molar-refractivity contribution in [2.45, 2.75) is 0 Å². The zero-order valence-corrected chi connectivity index (χ0v) is 23.0. The molecule has 0 heterocycles. The molecule has 0 saturated heterocycles. The van der Waals surface area contributed by atoms with Crippen LogP contribution in [-0.4, -0.2) is 11.9 Å². The number of hydrogen-bond acceptors (Lipinski definition) is 6. The van der Waals surface area contributed by atoms with E-state index in [2.05, 4.69) is 0 Å². The van der Waals surface area contributed by atoms with E-state index in [-0.39, 0.29) is 50.3 Å². The Balaban J connectivity index is 0.000000227. The third-order valence-electron chi connectivity index (χ3n) is 4.16. The van der Waals surface area contributed by atoms with Crippen molar-refractivity contribution in [3.05, 3.63) is 120 Å². The summed E-state index contributed by atoms with van der Waals surface area (Å²) in [6, 6.07) is 30.8. The number of carboxylic acids is 2. The molecule has 0 aliphatic carbocycles. The van der Waals surface area contributed by atoms with Gasteiger partial charge in [-0.3, -0.25) is 0 Å². The Labute approximate surface area is 211 Å². The van der Waals surface area contributed by atoms with E-state index in [0.29, 0.717) is 11.5 Å². The molecule has 0 saturated carbocycles. The quantitative estimate of drug-likeness (QED) is 0.303. The van der Waals surface area contributed by atoms with Gasteiger partial charge in [0.2, 0.25) is 0 Å². The number of benzene rings is 4. The van der Waals surface area contributed by atoms with Crippen molar-refractivity contribution in [1.82, 2.24) is 0 Å².